The van der Waals surface area contributed by atoms with Crippen molar-refractivity contribution in [3.05, 3.63) is 64.9 Å². The first-order valence-corrected chi connectivity index (χ1v) is 12.3. The number of nitrogens with one attached hydrogen (secondary N) is 1. The van der Waals surface area contributed by atoms with Crippen LogP contribution in [0.4, 0.5) is 5.69 Å². The van der Waals surface area contributed by atoms with E-state index in [4.69, 9.17) is 16.3 Å². The van der Waals surface area contributed by atoms with Crippen molar-refractivity contribution in [2.24, 2.45) is 0 Å². The Hall–Kier alpha value is -2.39. The van der Waals surface area contributed by atoms with Gasteiger partial charge in [0.05, 0.1) is 23.6 Å². The summed E-state index contributed by atoms with van der Waals surface area (Å²) in [6.45, 7) is 8.66. The highest BCUT2D eigenvalue weighted by atomic mass is 35.5. The molecule has 1 fully saturated rings. The van der Waals surface area contributed by atoms with Gasteiger partial charge in [-0.1, -0.05) is 47.6 Å². The number of aryl methyl sites for hydroxylation is 1. The number of carbonyl (C=O) groups excluding carboxylic acids is 1. The average Bonchev–Trinajstić information content (AvgIpc) is 3.23. The second-order valence-corrected chi connectivity index (χ2v) is 9.71. The van der Waals surface area contributed by atoms with Gasteiger partial charge in [0.1, 0.15) is 6.33 Å². The molecule has 1 aromatic heterocycles. The van der Waals surface area contributed by atoms with Crippen LogP contribution in [0.15, 0.2) is 53.9 Å². The Kier molecular flexibility index (Phi) is 7.70. The fourth-order valence-corrected chi connectivity index (χ4v) is 4.89. The summed E-state index contributed by atoms with van der Waals surface area (Å²) >= 11 is 7.60. The monoisotopic (exact) mass is 485 g/mol. The van der Waals surface area contributed by atoms with Gasteiger partial charge in [-0.05, 0) is 50.1 Å². The number of thioether (sulfide) groups is 1. The zero-order chi connectivity index (χ0) is 23.4. The highest BCUT2D eigenvalue weighted by molar-refractivity contribution is 7.99. The Morgan fingerprint density at radius 2 is 1.97 bits per heavy atom. The molecule has 0 saturated carbocycles. The van der Waals surface area contributed by atoms with Gasteiger partial charge in [-0.25, -0.2) is 0 Å². The average molecular weight is 486 g/mol. The largest absolute Gasteiger partial charge is 0.373 e. The number of benzene rings is 2. The number of hydrogen-bond acceptors (Lipinski definition) is 6. The van der Waals surface area contributed by atoms with Crippen molar-refractivity contribution in [2.45, 2.75) is 44.7 Å². The van der Waals surface area contributed by atoms with Crippen molar-refractivity contribution in [1.82, 2.24) is 19.7 Å². The predicted molar refractivity (Wildman–Crippen MR) is 132 cm³/mol. The summed E-state index contributed by atoms with van der Waals surface area (Å²) in [5, 5.41) is 12.5. The number of aromatic nitrogens is 3. The first-order chi connectivity index (χ1) is 15.9. The van der Waals surface area contributed by atoms with E-state index < -0.39 is 0 Å². The molecule has 9 heteroatoms. The summed E-state index contributed by atoms with van der Waals surface area (Å²) in [5.74, 6) is 0.130. The summed E-state index contributed by atoms with van der Waals surface area (Å²) < 4.78 is 7.67. The molecule has 1 aliphatic heterocycles. The molecule has 2 heterocycles. The SMILES string of the molecule is Cc1ccc(-n2cnnc2SCC(=O)Nc2ccccc2CN2CC(C)OC(C)C2)cc1Cl. The van der Waals surface area contributed by atoms with Crippen LogP contribution < -0.4 is 5.32 Å². The number of hydrogen-bond donors (Lipinski definition) is 1. The molecule has 2 unspecified atom stereocenters. The highest BCUT2D eigenvalue weighted by Crippen LogP contribution is 2.25. The van der Waals surface area contributed by atoms with Crippen LogP contribution in [0.2, 0.25) is 5.02 Å². The van der Waals surface area contributed by atoms with Crippen molar-refractivity contribution in [3.63, 3.8) is 0 Å². The van der Waals surface area contributed by atoms with Crippen LogP contribution in [0, 0.1) is 6.92 Å². The quantitative estimate of drug-likeness (QED) is 0.494. The van der Waals surface area contributed by atoms with Crippen molar-refractivity contribution in [2.75, 3.05) is 24.2 Å². The second kappa shape index (κ2) is 10.7. The van der Waals surface area contributed by atoms with Crippen molar-refractivity contribution in [3.8, 4) is 5.69 Å². The number of amides is 1. The van der Waals surface area contributed by atoms with Gasteiger partial charge in [-0.3, -0.25) is 14.3 Å². The molecule has 1 aliphatic rings. The molecular weight excluding hydrogens is 458 g/mol. The fraction of sp³-hybridized carbons (Fsp3) is 0.375. The lowest BCUT2D eigenvalue weighted by Crippen LogP contribution is -2.44. The summed E-state index contributed by atoms with van der Waals surface area (Å²) in [6, 6.07) is 13.7. The number of para-hydroxylation sites is 1. The van der Waals surface area contributed by atoms with Crippen molar-refractivity contribution >= 4 is 35.0 Å². The fourth-order valence-electron chi connectivity index (χ4n) is 3.98. The minimum Gasteiger partial charge on any atom is -0.373 e. The molecule has 2 aromatic carbocycles. The lowest BCUT2D eigenvalue weighted by atomic mass is 10.1. The number of halogens is 1. The molecular formula is C24H28ClN5O2S. The Morgan fingerprint density at radius 1 is 1.21 bits per heavy atom. The number of nitrogens with zero attached hydrogens (tertiary/aromatic N) is 4. The molecule has 7 nitrogen and oxygen atoms in total. The zero-order valence-corrected chi connectivity index (χ0v) is 20.6. The van der Waals surface area contributed by atoms with Gasteiger partial charge in [0.25, 0.3) is 0 Å². The van der Waals surface area contributed by atoms with E-state index in [9.17, 15) is 4.79 Å². The van der Waals surface area contributed by atoms with Gasteiger partial charge in [0.2, 0.25) is 5.91 Å². The molecule has 1 saturated heterocycles. The number of carbonyl (C=O) groups is 1. The van der Waals surface area contributed by atoms with Gasteiger partial charge >= 0.3 is 0 Å². The molecule has 2 atom stereocenters. The Bertz CT molecular complexity index is 1110. The van der Waals surface area contributed by atoms with Crippen LogP contribution in [0.1, 0.15) is 25.0 Å². The molecule has 0 radical (unpaired) electrons. The van der Waals surface area contributed by atoms with Gasteiger partial charge in [-0.2, -0.15) is 0 Å². The smallest absolute Gasteiger partial charge is 0.234 e. The normalized spacial score (nSPS) is 18.9. The first-order valence-electron chi connectivity index (χ1n) is 10.9. The maximum absolute atomic E-state index is 12.8. The molecule has 1 N–H and O–H groups in total. The van der Waals surface area contributed by atoms with E-state index in [-0.39, 0.29) is 23.9 Å². The van der Waals surface area contributed by atoms with Gasteiger partial charge in [0.15, 0.2) is 5.16 Å². The van der Waals surface area contributed by atoms with Crippen LogP contribution in [-0.4, -0.2) is 56.6 Å². The molecule has 0 spiro atoms. The van der Waals surface area contributed by atoms with Gasteiger partial charge < -0.3 is 10.1 Å². The Labute approximate surface area is 203 Å². The second-order valence-electron chi connectivity index (χ2n) is 8.36. The van der Waals surface area contributed by atoms with E-state index in [2.05, 4.69) is 40.3 Å². The zero-order valence-electron chi connectivity index (χ0n) is 19.0. The number of rotatable bonds is 7. The summed E-state index contributed by atoms with van der Waals surface area (Å²) in [4.78, 5) is 15.1. The summed E-state index contributed by atoms with van der Waals surface area (Å²) in [5.41, 5.74) is 3.79. The van der Waals surface area contributed by atoms with E-state index in [1.54, 1.807) is 6.33 Å². The van der Waals surface area contributed by atoms with Crippen LogP contribution in [0.3, 0.4) is 0 Å². The maximum atomic E-state index is 12.8. The van der Waals surface area contributed by atoms with Crippen molar-refractivity contribution in [1.29, 1.82) is 0 Å². The molecule has 4 rings (SSSR count). The van der Waals surface area contributed by atoms with E-state index in [1.165, 1.54) is 11.8 Å². The van der Waals surface area contributed by atoms with E-state index in [1.807, 2.05) is 47.9 Å². The van der Waals surface area contributed by atoms with E-state index >= 15 is 0 Å². The molecule has 3 aromatic rings. The molecule has 0 aliphatic carbocycles. The lowest BCUT2D eigenvalue weighted by molar-refractivity contribution is -0.113. The predicted octanol–water partition coefficient (Wildman–Crippen LogP) is 4.57. The number of anilines is 1. The van der Waals surface area contributed by atoms with Gasteiger partial charge in [-0.15, -0.1) is 10.2 Å². The van der Waals surface area contributed by atoms with Crippen molar-refractivity contribution < 1.29 is 9.53 Å². The van der Waals surface area contributed by atoms with Crippen LogP contribution in [0.5, 0.6) is 0 Å². The number of ether oxygens (including phenoxy) is 1. The van der Waals surface area contributed by atoms with E-state index in [0.717, 1.165) is 42.1 Å². The topological polar surface area (TPSA) is 72.3 Å². The number of morpholine rings is 1. The van der Waals surface area contributed by atoms with Crippen LogP contribution in [0.25, 0.3) is 5.69 Å². The first kappa shape index (κ1) is 23.8. The minimum absolute atomic E-state index is 0.0901. The third-order valence-electron chi connectivity index (χ3n) is 5.46. The van der Waals surface area contributed by atoms with Crippen LogP contribution >= 0.6 is 23.4 Å². The third-order valence-corrected chi connectivity index (χ3v) is 6.81. The summed E-state index contributed by atoms with van der Waals surface area (Å²) in [7, 11) is 0. The highest BCUT2D eigenvalue weighted by Gasteiger charge is 2.23. The summed E-state index contributed by atoms with van der Waals surface area (Å²) in [6.07, 6.45) is 2.03. The molecule has 0 bridgehead atoms. The Morgan fingerprint density at radius 3 is 2.73 bits per heavy atom. The van der Waals surface area contributed by atoms with Crippen LogP contribution in [-0.2, 0) is 16.1 Å². The third kappa shape index (κ3) is 6.14. The van der Waals surface area contributed by atoms with E-state index in [0.29, 0.717) is 10.2 Å². The minimum atomic E-state index is -0.0901. The molecule has 174 valence electrons. The maximum Gasteiger partial charge on any atom is 0.234 e. The molecule has 33 heavy (non-hydrogen) atoms. The molecule has 1 amide bonds. The lowest BCUT2D eigenvalue weighted by Gasteiger charge is -2.35. The van der Waals surface area contributed by atoms with Gasteiger partial charge in [0, 0.05) is 30.3 Å². The Balaban J connectivity index is 1.39. The standard InChI is InChI=1S/C24H28ClN5O2S/c1-16-8-9-20(10-21(16)25)30-15-26-28-24(30)33-14-23(31)27-22-7-5-4-6-19(22)13-29-11-17(2)32-18(3)12-29/h4-10,15,17-18H,11-14H2,1-3H3,(H,27,31).